The van der Waals surface area contributed by atoms with Crippen molar-refractivity contribution in [3.05, 3.63) is 125 Å². The molecule has 0 bridgehead atoms. The van der Waals surface area contributed by atoms with Gasteiger partial charge in [0.1, 0.15) is 18.3 Å². The number of benzene rings is 4. The average molecular weight is 648 g/mol. The summed E-state index contributed by atoms with van der Waals surface area (Å²) in [5.74, 6) is -0.665. The summed E-state index contributed by atoms with van der Waals surface area (Å²) < 4.78 is 34.9. The predicted octanol–water partition coefficient (Wildman–Crippen LogP) is 6.02. The summed E-state index contributed by atoms with van der Waals surface area (Å²) in [5.41, 5.74) is 2.81. The van der Waals surface area contributed by atoms with E-state index in [9.17, 15) is 18.0 Å². The Morgan fingerprint density at radius 3 is 2.16 bits per heavy atom. The van der Waals surface area contributed by atoms with E-state index < -0.39 is 28.5 Å². The molecule has 0 saturated carbocycles. The Hall–Kier alpha value is -4.34. The van der Waals surface area contributed by atoms with Crippen LogP contribution in [0, 0.1) is 6.92 Å². The van der Waals surface area contributed by atoms with Gasteiger partial charge in [0.05, 0.1) is 17.7 Å². The fraction of sp³-hybridized carbons (Fsp3) is 0.257. The topological polar surface area (TPSA) is 96.0 Å². The van der Waals surface area contributed by atoms with E-state index in [-0.39, 0.29) is 40.2 Å². The van der Waals surface area contributed by atoms with Crippen LogP contribution in [0.3, 0.4) is 0 Å². The number of nitrogens with one attached hydrogen (secondary N) is 1. The van der Waals surface area contributed by atoms with Gasteiger partial charge >= 0.3 is 0 Å². The Kier molecular flexibility index (Phi) is 11.6. The van der Waals surface area contributed by atoms with Crippen molar-refractivity contribution in [2.45, 2.75) is 44.2 Å². The first kappa shape index (κ1) is 33.6. The van der Waals surface area contributed by atoms with Crippen molar-refractivity contribution in [1.82, 2.24) is 10.2 Å². The lowest BCUT2D eigenvalue weighted by Gasteiger charge is -2.34. The first-order valence-electron chi connectivity index (χ1n) is 14.7. The summed E-state index contributed by atoms with van der Waals surface area (Å²) >= 11 is 6.34. The molecule has 4 aromatic rings. The maximum absolute atomic E-state index is 14.5. The number of nitrogens with zero attached hydrogens (tertiary/aromatic N) is 2. The smallest absolute Gasteiger partial charge is 0.264 e. The standard InChI is InChI=1S/C35H38ClN3O5S/c1-4-21-37-35(41)32(22-27-11-7-5-8-12-27)38(24-28-17-15-26(2)16-18-28)34(40)25-39(31-23-29(36)19-20-33(31)44-3)45(42,43)30-13-9-6-10-14-30/h5-20,23,32H,4,21-22,24-25H2,1-3H3,(H,37,41)/t32-/m0/s1. The Labute approximate surface area is 270 Å². The SMILES string of the molecule is CCCNC(=O)[C@H](Cc1ccccc1)N(Cc1ccc(C)cc1)C(=O)CN(c1cc(Cl)ccc1OC)S(=O)(=O)c1ccccc1. The molecule has 8 nitrogen and oxygen atoms in total. The van der Waals surface area contributed by atoms with Gasteiger partial charge in [0, 0.05) is 24.5 Å². The highest BCUT2D eigenvalue weighted by molar-refractivity contribution is 7.92. The molecule has 0 aliphatic heterocycles. The van der Waals surface area contributed by atoms with Crippen molar-refractivity contribution in [2.24, 2.45) is 0 Å². The Balaban J connectivity index is 1.83. The molecule has 10 heteroatoms. The summed E-state index contributed by atoms with van der Waals surface area (Å²) in [4.78, 5) is 29.7. The van der Waals surface area contributed by atoms with E-state index >= 15 is 0 Å². The van der Waals surface area contributed by atoms with Crippen molar-refractivity contribution in [2.75, 3.05) is 24.5 Å². The Bertz CT molecular complexity index is 1680. The van der Waals surface area contributed by atoms with Crippen molar-refractivity contribution in [3.63, 3.8) is 0 Å². The lowest BCUT2D eigenvalue weighted by molar-refractivity contribution is -0.140. The van der Waals surface area contributed by atoms with Crippen LogP contribution in [0.15, 0.2) is 108 Å². The minimum atomic E-state index is -4.28. The van der Waals surface area contributed by atoms with Gasteiger partial charge in [-0.15, -0.1) is 0 Å². The largest absolute Gasteiger partial charge is 0.495 e. The van der Waals surface area contributed by atoms with E-state index in [0.29, 0.717) is 13.0 Å². The molecule has 0 heterocycles. The number of halogens is 1. The first-order valence-corrected chi connectivity index (χ1v) is 16.5. The zero-order chi connectivity index (χ0) is 32.4. The van der Waals surface area contributed by atoms with Crippen LogP contribution in [-0.2, 0) is 32.6 Å². The molecule has 45 heavy (non-hydrogen) atoms. The van der Waals surface area contributed by atoms with Gasteiger partial charge in [0.25, 0.3) is 10.0 Å². The fourth-order valence-corrected chi connectivity index (χ4v) is 6.51. The van der Waals surface area contributed by atoms with E-state index in [1.54, 1.807) is 30.3 Å². The first-order chi connectivity index (χ1) is 21.6. The zero-order valence-corrected chi connectivity index (χ0v) is 27.2. The van der Waals surface area contributed by atoms with Gasteiger partial charge < -0.3 is 15.0 Å². The van der Waals surface area contributed by atoms with Crippen LogP contribution in [0.4, 0.5) is 5.69 Å². The van der Waals surface area contributed by atoms with Crippen LogP contribution in [-0.4, -0.2) is 51.4 Å². The van der Waals surface area contributed by atoms with Crippen molar-refractivity contribution >= 4 is 39.1 Å². The number of amides is 2. The Morgan fingerprint density at radius 1 is 0.889 bits per heavy atom. The number of anilines is 1. The van der Waals surface area contributed by atoms with E-state index in [1.165, 1.54) is 30.2 Å². The number of methoxy groups -OCH3 is 1. The molecule has 0 saturated heterocycles. The van der Waals surface area contributed by atoms with Gasteiger partial charge in [-0.2, -0.15) is 0 Å². The molecule has 1 atom stereocenters. The third-order valence-corrected chi connectivity index (χ3v) is 9.32. The number of hydrogen-bond donors (Lipinski definition) is 1. The van der Waals surface area contributed by atoms with Crippen LogP contribution in [0.1, 0.15) is 30.0 Å². The summed E-state index contributed by atoms with van der Waals surface area (Å²) in [7, 11) is -2.87. The molecule has 0 aliphatic carbocycles. The summed E-state index contributed by atoms with van der Waals surface area (Å²) in [6.45, 7) is 3.83. The zero-order valence-electron chi connectivity index (χ0n) is 25.6. The van der Waals surface area contributed by atoms with Crippen LogP contribution in [0.2, 0.25) is 5.02 Å². The monoisotopic (exact) mass is 647 g/mol. The Morgan fingerprint density at radius 2 is 1.53 bits per heavy atom. The fourth-order valence-electron chi connectivity index (χ4n) is 4.90. The highest BCUT2D eigenvalue weighted by Gasteiger charge is 2.35. The summed E-state index contributed by atoms with van der Waals surface area (Å²) in [5, 5.41) is 3.22. The molecule has 236 valence electrons. The maximum atomic E-state index is 14.5. The number of ether oxygens (including phenoxy) is 1. The summed E-state index contributed by atoms with van der Waals surface area (Å²) in [6, 6.07) is 28.6. The van der Waals surface area contributed by atoms with Gasteiger partial charge in [0.15, 0.2) is 0 Å². The third-order valence-electron chi connectivity index (χ3n) is 7.31. The second kappa shape index (κ2) is 15.6. The van der Waals surface area contributed by atoms with Gasteiger partial charge in [-0.3, -0.25) is 13.9 Å². The molecule has 0 radical (unpaired) electrons. The normalized spacial score (nSPS) is 11.8. The summed E-state index contributed by atoms with van der Waals surface area (Å²) in [6.07, 6.45) is 0.952. The van der Waals surface area contributed by atoms with Crippen LogP contribution in [0.5, 0.6) is 5.75 Å². The molecule has 4 rings (SSSR count). The molecular formula is C35H38ClN3O5S. The number of sulfonamides is 1. The highest BCUT2D eigenvalue weighted by Crippen LogP contribution is 2.35. The molecule has 0 spiro atoms. The molecule has 0 unspecified atom stereocenters. The second-order valence-corrected chi connectivity index (χ2v) is 12.9. The maximum Gasteiger partial charge on any atom is 0.264 e. The number of rotatable bonds is 14. The lowest BCUT2D eigenvalue weighted by Crippen LogP contribution is -2.53. The molecule has 0 aliphatic rings. The van der Waals surface area contributed by atoms with E-state index in [1.807, 2.05) is 68.4 Å². The minimum absolute atomic E-state index is 0.00793. The van der Waals surface area contributed by atoms with Gasteiger partial charge in [-0.05, 0) is 54.8 Å². The molecule has 0 fully saturated rings. The molecule has 1 N–H and O–H groups in total. The highest BCUT2D eigenvalue weighted by atomic mass is 35.5. The van der Waals surface area contributed by atoms with Gasteiger partial charge in [0.2, 0.25) is 11.8 Å². The van der Waals surface area contributed by atoms with Crippen LogP contribution >= 0.6 is 11.6 Å². The average Bonchev–Trinajstić information content (AvgIpc) is 3.05. The van der Waals surface area contributed by atoms with Crippen LogP contribution in [0.25, 0.3) is 0 Å². The third kappa shape index (κ3) is 8.65. The van der Waals surface area contributed by atoms with E-state index in [2.05, 4.69) is 5.32 Å². The van der Waals surface area contributed by atoms with E-state index in [4.69, 9.17) is 16.3 Å². The number of carbonyl (C=O) groups is 2. The van der Waals surface area contributed by atoms with Crippen molar-refractivity contribution in [3.8, 4) is 5.75 Å². The molecule has 2 amide bonds. The quantitative estimate of drug-likeness (QED) is 0.181. The minimum Gasteiger partial charge on any atom is -0.495 e. The molecule has 4 aromatic carbocycles. The lowest BCUT2D eigenvalue weighted by atomic mass is 10.0. The van der Waals surface area contributed by atoms with Gasteiger partial charge in [-0.1, -0.05) is 96.9 Å². The van der Waals surface area contributed by atoms with Crippen molar-refractivity contribution < 1.29 is 22.7 Å². The molecule has 0 aromatic heterocycles. The predicted molar refractivity (Wildman–Crippen MR) is 178 cm³/mol. The molecular weight excluding hydrogens is 610 g/mol. The second-order valence-electron chi connectivity index (χ2n) is 10.6. The van der Waals surface area contributed by atoms with Crippen molar-refractivity contribution in [1.29, 1.82) is 0 Å². The van der Waals surface area contributed by atoms with Crippen LogP contribution < -0.4 is 14.4 Å². The number of carbonyl (C=O) groups excluding carboxylic acids is 2. The van der Waals surface area contributed by atoms with E-state index in [0.717, 1.165) is 21.0 Å². The number of aryl methyl sites for hydroxylation is 1. The number of hydrogen-bond acceptors (Lipinski definition) is 5. The van der Waals surface area contributed by atoms with Gasteiger partial charge in [-0.25, -0.2) is 8.42 Å².